The molecule has 0 bridgehead atoms. The molecule has 0 radical (unpaired) electrons. The van der Waals surface area contributed by atoms with Crippen LogP contribution in [0.1, 0.15) is 12.5 Å². The van der Waals surface area contributed by atoms with Crippen molar-refractivity contribution in [3.05, 3.63) is 63.0 Å². The maximum absolute atomic E-state index is 13.2. The summed E-state index contributed by atoms with van der Waals surface area (Å²) >= 11 is 18.6. The van der Waals surface area contributed by atoms with Crippen LogP contribution in [0.15, 0.2) is 47.4 Å². The summed E-state index contributed by atoms with van der Waals surface area (Å²) in [5, 5.41) is 0.720. The van der Waals surface area contributed by atoms with Crippen LogP contribution in [0, 0.1) is 0 Å². The number of amides is 2. The number of thioether (sulfide) groups is 1. The number of fused-ring (bicyclic) bond motifs is 1. The summed E-state index contributed by atoms with van der Waals surface area (Å²) in [4.78, 5) is 29.5. The van der Waals surface area contributed by atoms with Crippen LogP contribution in [0.25, 0.3) is 5.57 Å². The van der Waals surface area contributed by atoms with E-state index in [4.69, 9.17) is 35.4 Å². The van der Waals surface area contributed by atoms with Gasteiger partial charge in [0.25, 0.3) is 11.8 Å². The lowest BCUT2D eigenvalue weighted by Gasteiger charge is -2.15. The Balaban J connectivity index is 1.84. The molecule has 1 fully saturated rings. The Bertz CT molecular complexity index is 1050. The van der Waals surface area contributed by atoms with Crippen LogP contribution in [-0.2, 0) is 9.59 Å². The molecule has 2 aliphatic heterocycles. The number of hydrogen-bond donors (Lipinski definition) is 0. The lowest BCUT2D eigenvalue weighted by Crippen LogP contribution is -2.29. The van der Waals surface area contributed by atoms with Crippen molar-refractivity contribution in [3.63, 3.8) is 0 Å². The van der Waals surface area contributed by atoms with Gasteiger partial charge in [0.05, 0.1) is 31.9 Å². The molecule has 8 heteroatoms. The zero-order chi connectivity index (χ0) is 19.3. The van der Waals surface area contributed by atoms with Gasteiger partial charge in [0.15, 0.2) is 4.32 Å². The first-order valence-electron chi connectivity index (χ1n) is 8.11. The molecule has 2 aromatic rings. The molecular weight excluding hydrogens is 423 g/mol. The van der Waals surface area contributed by atoms with Gasteiger partial charge in [-0.15, -0.1) is 0 Å². The number of anilines is 2. The molecule has 4 nitrogen and oxygen atoms in total. The number of carbonyl (C=O) groups is 2. The highest BCUT2D eigenvalue weighted by Gasteiger charge is 2.42. The summed E-state index contributed by atoms with van der Waals surface area (Å²) < 4.78 is 0.348. The maximum atomic E-state index is 13.2. The van der Waals surface area contributed by atoms with Crippen LogP contribution in [0.4, 0.5) is 11.4 Å². The molecule has 0 N–H and O–H groups in total. The number of halogens is 2. The highest BCUT2D eigenvalue weighted by Crippen LogP contribution is 2.45. The van der Waals surface area contributed by atoms with Crippen molar-refractivity contribution in [3.8, 4) is 0 Å². The predicted molar refractivity (Wildman–Crippen MR) is 116 cm³/mol. The Morgan fingerprint density at radius 2 is 1.78 bits per heavy atom. The van der Waals surface area contributed by atoms with Crippen LogP contribution < -0.4 is 9.80 Å². The van der Waals surface area contributed by atoms with Gasteiger partial charge < -0.3 is 4.90 Å². The number of thiocarbonyl (C=S) groups is 1. The van der Waals surface area contributed by atoms with Crippen molar-refractivity contribution < 1.29 is 9.59 Å². The van der Waals surface area contributed by atoms with E-state index in [1.165, 1.54) is 4.90 Å². The van der Waals surface area contributed by atoms with Crippen LogP contribution >= 0.6 is 47.2 Å². The van der Waals surface area contributed by atoms with Gasteiger partial charge in [-0.2, -0.15) is 0 Å². The van der Waals surface area contributed by atoms with E-state index in [-0.39, 0.29) is 11.8 Å². The molecule has 1 saturated heterocycles. The number of rotatable bonds is 2. The number of likely N-dealkylation sites (N-methyl/N-ethyl adjacent to an activating group) is 1. The van der Waals surface area contributed by atoms with Gasteiger partial charge in [-0.25, -0.2) is 0 Å². The van der Waals surface area contributed by atoms with E-state index in [0.29, 0.717) is 37.1 Å². The third-order valence-electron chi connectivity index (χ3n) is 4.40. The maximum Gasteiger partial charge on any atom is 0.271 e. The molecule has 27 heavy (non-hydrogen) atoms. The van der Waals surface area contributed by atoms with E-state index in [0.717, 1.165) is 23.0 Å². The van der Waals surface area contributed by atoms with Crippen molar-refractivity contribution >= 4 is 80.3 Å². The van der Waals surface area contributed by atoms with E-state index in [1.807, 2.05) is 31.2 Å². The van der Waals surface area contributed by atoms with E-state index in [9.17, 15) is 9.59 Å². The van der Waals surface area contributed by atoms with E-state index in [2.05, 4.69) is 0 Å². The third kappa shape index (κ3) is 2.88. The molecule has 0 spiro atoms. The topological polar surface area (TPSA) is 40.6 Å². The van der Waals surface area contributed by atoms with Gasteiger partial charge in [0, 0.05) is 12.1 Å². The summed E-state index contributed by atoms with van der Waals surface area (Å²) in [6, 6.07) is 12.3. The smallest absolute Gasteiger partial charge is 0.271 e. The number of nitrogens with zero attached hydrogens (tertiary/aromatic N) is 2. The first-order valence-corrected chi connectivity index (χ1v) is 10.1. The van der Waals surface area contributed by atoms with Gasteiger partial charge in [0.1, 0.15) is 0 Å². The van der Waals surface area contributed by atoms with E-state index in [1.54, 1.807) is 23.1 Å². The van der Waals surface area contributed by atoms with Gasteiger partial charge >= 0.3 is 0 Å². The average molecular weight is 435 g/mol. The normalized spacial score (nSPS) is 19.3. The second kappa shape index (κ2) is 6.95. The monoisotopic (exact) mass is 434 g/mol. The third-order valence-corrected chi connectivity index (χ3v) is 6.51. The molecule has 4 rings (SSSR count). The lowest BCUT2D eigenvalue weighted by molar-refractivity contribution is -0.115. The van der Waals surface area contributed by atoms with Gasteiger partial charge in [-0.05, 0) is 31.2 Å². The van der Waals surface area contributed by atoms with Gasteiger partial charge in [-0.3, -0.25) is 14.5 Å². The van der Waals surface area contributed by atoms with Crippen LogP contribution in [-0.4, -0.2) is 22.7 Å². The molecule has 0 atom stereocenters. The number of carbonyl (C=O) groups excluding carboxylic acids is 2. The zero-order valence-corrected chi connectivity index (χ0v) is 17.2. The minimum Gasteiger partial charge on any atom is -0.308 e. The fourth-order valence-corrected chi connectivity index (χ4v) is 4.84. The number of benzene rings is 2. The summed E-state index contributed by atoms with van der Waals surface area (Å²) in [5.41, 5.74) is 2.47. The second-order valence-corrected chi connectivity index (χ2v) is 8.34. The Morgan fingerprint density at radius 3 is 2.48 bits per heavy atom. The molecule has 2 heterocycles. The fourth-order valence-electron chi connectivity index (χ4n) is 3.18. The molecule has 2 aromatic carbocycles. The highest BCUT2D eigenvalue weighted by atomic mass is 35.5. The molecule has 0 unspecified atom stereocenters. The second-order valence-electron chi connectivity index (χ2n) is 5.88. The van der Waals surface area contributed by atoms with Crippen molar-refractivity contribution in [2.75, 3.05) is 16.3 Å². The van der Waals surface area contributed by atoms with Crippen molar-refractivity contribution in [2.45, 2.75) is 6.92 Å². The summed E-state index contributed by atoms with van der Waals surface area (Å²) in [6.45, 7) is 2.42. The minimum absolute atomic E-state index is 0.187. The minimum atomic E-state index is -0.334. The molecule has 0 aliphatic carbocycles. The fraction of sp³-hybridized carbons (Fsp3) is 0.105. The van der Waals surface area contributed by atoms with Crippen LogP contribution in [0.5, 0.6) is 0 Å². The summed E-state index contributed by atoms with van der Waals surface area (Å²) in [7, 11) is 0. The molecule has 2 aliphatic rings. The molecule has 0 aromatic heterocycles. The molecule has 2 amide bonds. The van der Waals surface area contributed by atoms with Crippen LogP contribution in [0.3, 0.4) is 0 Å². The Morgan fingerprint density at radius 1 is 1.04 bits per heavy atom. The lowest BCUT2D eigenvalue weighted by atomic mass is 10.1. The predicted octanol–water partition coefficient (Wildman–Crippen LogP) is 5.14. The quantitative estimate of drug-likeness (QED) is 0.484. The van der Waals surface area contributed by atoms with Crippen LogP contribution in [0.2, 0.25) is 10.0 Å². The van der Waals surface area contributed by atoms with Crippen molar-refractivity contribution in [2.24, 2.45) is 0 Å². The average Bonchev–Trinajstić information content (AvgIpc) is 3.09. The van der Waals surface area contributed by atoms with Gasteiger partial charge in [0.2, 0.25) is 0 Å². The zero-order valence-electron chi connectivity index (χ0n) is 14.0. The first kappa shape index (κ1) is 18.5. The number of para-hydroxylation sites is 1. The van der Waals surface area contributed by atoms with E-state index >= 15 is 0 Å². The van der Waals surface area contributed by atoms with Gasteiger partial charge in [-0.1, -0.05) is 65.4 Å². The number of hydrogen-bond acceptors (Lipinski definition) is 4. The Hall–Kier alpha value is -1.86. The van der Waals surface area contributed by atoms with E-state index < -0.39 is 0 Å². The summed E-state index contributed by atoms with van der Waals surface area (Å²) in [5.74, 6) is -0.521. The van der Waals surface area contributed by atoms with Crippen molar-refractivity contribution in [1.29, 1.82) is 0 Å². The first-order chi connectivity index (χ1) is 12.9. The standard InChI is InChI=1S/C19H12Cl2N2O2S2/c1-2-22-14-6-4-3-5-11(14)15(17(22)24)16-18(25)23(19(26)27-16)10-7-8-12(20)13(21)9-10/h3-9H,2H2,1H3. The highest BCUT2D eigenvalue weighted by molar-refractivity contribution is 8.27. The SMILES string of the molecule is CCN1C(=O)C(=C2SC(=S)N(c3ccc(Cl)c(Cl)c3)C2=O)c2ccccc21. The molecular formula is C19H12Cl2N2O2S2. The summed E-state index contributed by atoms with van der Waals surface area (Å²) in [6.07, 6.45) is 0. The largest absolute Gasteiger partial charge is 0.308 e. The Kier molecular flexibility index (Phi) is 4.76. The Labute approximate surface area is 175 Å². The molecule has 136 valence electrons. The van der Waals surface area contributed by atoms with Crippen molar-refractivity contribution in [1.82, 2.24) is 0 Å². The molecule has 0 saturated carbocycles.